The number of pyridine rings is 1. The molecule has 1 heterocycles. The fourth-order valence-corrected chi connectivity index (χ4v) is 2.67. The summed E-state index contributed by atoms with van der Waals surface area (Å²) in [5.41, 5.74) is 4.96. The van der Waals surface area contributed by atoms with Gasteiger partial charge >= 0.3 is 5.97 Å². The zero-order chi connectivity index (χ0) is 17.9. The molecule has 0 bridgehead atoms. The number of aromatic nitrogens is 1. The maximum atomic E-state index is 12.2. The van der Waals surface area contributed by atoms with Crippen molar-refractivity contribution in [3.05, 3.63) is 62.0 Å². The number of nitrogens with two attached hydrogens (primary N) is 1. The van der Waals surface area contributed by atoms with Gasteiger partial charge in [-0.3, -0.25) is 9.59 Å². The van der Waals surface area contributed by atoms with Crippen LogP contribution in [0.3, 0.4) is 0 Å². The van der Waals surface area contributed by atoms with E-state index >= 15 is 0 Å². The summed E-state index contributed by atoms with van der Waals surface area (Å²) in [5.74, 6) is -2.78. The zero-order valence-electron chi connectivity index (χ0n) is 12.7. The Kier molecular flexibility index (Phi) is 5.40. The van der Waals surface area contributed by atoms with Crippen molar-refractivity contribution < 1.29 is 19.4 Å². The Bertz CT molecular complexity index is 829. The first-order valence-corrected chi connectivity index (χ1v) is 7.71. The minimum atomic E-state index is -0.807. The number of esters is 1. The number of aromatic amines is 1. The van der Waals surface area contributed by atoms with Gasteiger partial charge in [0.1, 0.15) is 11.3 Å². The van der Waals surface area contributed by atoms with Gasteiger partial charge in [-0.15, -0.1) is 0 Å². The lowest BCUT2D eigenvalue weighted by atomic mass is 9.87. The molecule has 2 rings (SSSR count). The largest absolute Gasteiger partial charge is 0.506 e. The first-order chi connectivity index (χ1) is 11.3. The summed E-state index contributed by atoms with van der Waals surface area (Å²) in [7, 11) is 1.15. The molecule has 7 nitrogen and oxygen atoms in total. The number of ether oxygens (including phenoxy) is 1. The quantitative estimate of drug-likeness (QED) is 0.665. The number of primary amides is 1. The second-order valence-electron chi connectivity index (χ2n) is 5.06. The van der Waals surface area contributed by atoms with Crippen LogP contribution >= 0.6 is 15.9 Å². The van der Waals surface area contributed by atoms with Crippen molar-refractivity contribution in [3.63, 3.8) is 0 Å². The zero-order valence-corrected chi connectivity index (χ0v) is 14.3. The Labute approximate surface area is 145 Å². The van der Waals surface area contributed by atoms with Crippen LogP contribution in [-0.2, 0) is 9.53 Å². The first-order valence-electron chi connectivity index (χ1n) is 6.91. The molecule has 0 saturated heterocycles. The van der Waals surface area contributed by atoms with E-state index in [0.29, 0.717) is 5.56 Å². The van der Waals surface area contributed by atoms with Crippen molar-refractivity contribution in [1.82, 2.24) is 4.98 Å². The van der Waals surface area contributed by atoms with Gasteiger partial charge in [0.15, 0.2) is 0 Å². The average Bonchev–Trinajstić information content (AvgIpc) is 2.54. The van der Waals surface area contributed by atoms with Gasteiger partial charge < -0.3 is 20.6 Å². The van der Waals surface area contributed by atoms with Crippen molar-refractivity contribution in [2.75, 3.05) is 7.11 Å². The van der Waals surface area contributed by atoms with Gasteiger partial charge in [-0.2, -0.15) is 0 Å². The predicted octanol–water partition coefficient (Wildman–Crippen LogP) is 1.64. The summed E-state index contributed by atoms with van der Waals surface area (Å²) in [4.78, 5) is 37.8. The summed E-state index contributed by atoms with van der Waals surface area (Å²) in [6, 6.07) is 6.86. The van der Waals surface area contributed by atoms with Crippen molar-refractivity contribution in [2.24, 2.45) is 5.73 Å². The number of rotatable bonds is 5. The molecule has 0 saturated carbocycles. The third-order valence-electron chi connectivity index (χ3n) is 3.53. The Morgan fingerprint density at radius 2 is 1.96 bits per heavy atom. The highest BCUT2D eigenvalue weighted by Gasteiger charge is 2.27. The van der Waals surface area contributed by atoms with Crippen LogP contribution < -0.4 is 11.3 Å². The number of nitrogens with one attached hydrogen (secondary N) is 1. The summed E-state index contributed by atoms with van der Waals surface area (Å²) in [6.45, 7) is 0. The van der Waals surface area contributed by atoms with Crippen molar-refractivity contribution >= 4 is 27.8 Å². The fraction of sp³-hybridized carbons (Fsp3) is 0.188. The van der Waals surface area contributed by atoms with Crippen LogP contribution in [0.2, 0.25) is 0 Å². The number of hydrogen-bond donors (Lipinski definition) is 3. The number of halogens is 1. The van der Waals surface area contributed by atoms with Gasteiger partial charge in [0, 0.05) is 23.0 Å². The van der Waals surface area contributed by atoms with E-state index in [1.165, 1.54) is 0 Å². The lowest BCUT2D eigenvalue weighted by Crippen LogP contribution is -2.23. The lowest BCUT2D eigenvalue weighted by Gasteiger charge is -2.18. The molecule has 2 aromatic rings. The molecular weight excluding hydrogens is 380 g/mol. The topological polar surface area (TPSA) is 122 Å². The normalized spacial score (nSPS) is 11.8. The fourth-order valence-electron chi connectivity index (χ4n) is 2.41. The molecule has 8 heteroatoms. The van der Waals surface area contributed by atoms with Gasteiger partial charge in [-0.05, 0) is 17.7 Å². The maximum Gasteiger partial charge on any atom is 0.343 e. The molecule has 1 atom stereocenters. The van der Waals surface area contributed by atoms with E-state index in [-0.39, 0.29) is 17.5 Å². The van der Waals surface area contributed by atoms with E-state index in [0.717, 1.165) is 17.8 Å². The molecule has 1 unspecified atom stereocenters. The molecule has 24 heavy (non-hydrogen) atoms. The van der Waals surface area contributed by atoms with E-state index in [2.05, 4.69) is 25.7 Å². The number of methoxy groups -OCH3 is 1. The molecule has 0 radical (unpaired) electrons. The number of hydrogen-bond acceptors (Lipinski definition) is 5. The van der Waals surface area contributed by atoms with Gasteiger partial charge in [0.25, 0.3) is 5.56 Å². The smallest absolute Gasteiger partial charge is 0.343 e. The summed E-state index contributed by atoms with van der Waals surface area (Å²) in [5, 5.41) is 10.4. The van der Waals surface area contributed by atoms with Gasteiger partial charge in [0.05, 0.1) is 12.7 Å². The van der Waals surface area contributed by atoms with Crippen molar-refractivity contribution in [1.29, 1.82) is 0 Å². The van der Waals surface area contributed by atoms with Crippen molar-refractivity contribution in [2.45, 2.75) is 12.3 Å². The molecule has 1 aromatic heterocycles. The Balaban J connectivity index is 2.66. The highest BCUT2D eigenvalue weighted by molar-refractivity contribution is 9.10. The molecule has 0 aliphatic heterocycles. The number of aromatic hydroxyl groups is 1. The lowest BCUT2D eigenvalue weighted by molar-refractivity contribution is -0.118. The molecule has 0 aliphatic carbocycles. The van der Waals surface area contributed by atoms with Crippen LogP contribution in [-0.4, -0.2) is 29.1 Å². The van der Waals surface area contributed by atoms with E-state index in [1.807, 2.05) is 0 Å². The monoisotopic (exact) mass is 394 g/mol. The minimum absolute atomic E-state index is 0.112. The maximum absolute atomic E-state index is 12.2. The summed E-state index contributed by atoms with van der Waals surface area (Å²) < 4.78 is 5.39. The van der Waals surface area contributed by atoms with Crippen LogP contribution in [0.1, 0.15) is 33.8 Å². The standard InChI is InChI=1S/C16H15BrN2O5/c1-24-16(23)11-7-19-15(22)13(14(11)21)10(6-12(18)20)8-2-4-9(17)5-3-8/h2-5,7,10H,6H2,1H3,(H2,18,20)(H2,19,21,22). The Morgan fingerprint density at radius 3 is 2.50 bits per heavy atom. The van der Waals surface area contributed by atoms with E-state index < -0.39 is 29.1 Å². The van der Waals surface area contributed by atoms with Crippen LogP contribution in [0.5, 0.6) is 5.75 Å². The molecule has 0 aliphatic rings. The molecule has 4 N–H and O–H groups in total. The first kappa shape index (κ1) is 17.7. The molecular formula is C16H15BrN2O5. The highest BCUT2D eigenvalue weighted by atomic mass is 79.9. The Morgan fingerprint density at radius 1 is 1.33 bits per heavy atom. The number of carbonyl (C=O) groups excluding carboxylic acids is 2. The second kappa shape index (κ2) is 7.31. The molecule has 0 fully saturated rings. The van der Waals surface area contributed by atoms with Crippen LogP contribution in [0.4, 0.5) is 0 Å². The van der Waals surface area contributed by atoms with E-state index in [9.17, 15) is 19.5 Å². The number of H-pyrrole nitrogens is 1. The van der Waals surface area contributed by atoms with E-state index in [1.54, 1.807) is 24.3 Å². The van der Waals surface area contributed by atoms with Crippen LogP contribution in [0.15, 0.2) is 39.7 Å². The minimum Gasteiger partial charge on any atom is -0.506 e. The van der Waals surface area contributed by atoms with Crippen LogP contribution in [0, 0.1) is 0 Å². The summed E-state index contributed by atoms with van der Waals surface area (Å²) >= 11 is 3.30. The highest BCUT2D eigenvalue weighted by Crippen LogP contribution is 2.33. The third kappa shape index (κ3) is 3.65. The Hall–Kier alpha value is -2.61. The molecule has 0 spiro atoms. The SMILES string of the molecule is COC(=O)c1c[nH]c(=O)c(C(CC(N)=O)c2ccc(Br)cc2)c1O. The second-order valence-corrected chi connectivity index (χ2v) is 5.98. The third-order valence-corrected chi connectivity index (χ3v) is 4.06. The predicted molar refractivity (Wildman–Crippen MR) is 89.9 cm³/mol. The number of amides is 1. The molecule has 1 amide bonds. The molecule has 126 valence electrons. The van der Waals surface area contributed by atoms with Gasteiger partial charge in [0.2, 0.25) is 5.91 Å². The molecule has 1 aromatic carbocycles. The van der Waals surface area contributed by atoms with E-state index in [4.69, 9.17) is 5.73 Å². The van der Waals surface area contributed by atoms with Crippen LogP contribution in [0.25, 0.3) is 0 Å². The van der Waals surface area contributed by atoms with Crippen molar-refractivity contribution in [3.8, 4) is 5.75 Å². The van der Waals surface area contributed by atoms with Gasteiger partial charge in [-0.25, -0.2) is 4.79 Å². The summed E-state index contributed by atoms with van der Waals surface area (Å²) in [6.07, 6.45) is 0.860. The van der Waals surface area contributed by atoms with Gasteiger partial charge in [-0.1, -0.05) is 28.1 Å². The number of carbonyl (C=O) groups is 2. The average molecular weight is 395 g/mol. The number of benzene rings is 1.